The molecule has 4 atom stereocenters. The van der Waals surface area contributed by atoms with Gasteiger partial charge in [-0.05, 0) is 49.9 Å². The van der Waals surface area contributed by atoms with Gasteiger partial charge in [0.25, 0.3) is 0 Å². The van der Waals surface area contributed by atoms with Crippen LogP contribution in [0, 0.1) is 17.8 Å². The molecule has 2 fully saturated rings. The van der Waals surface area contributed by atoms with Gasteiger partial charge >= 0.3 is 0 Å². The molecule has 1 saturated carbocycles. The van der Waals surface area contributed by atoms with Gasteiger partial charge in [0.05, 0.1) is 6.10 Å². The molecule has 2 rings (SSSR count). The third-order valence-corrected chi connectivity index (χ3v) is 4.35. The van der Waals surface area contributed by atoms with Gasteiger partial charge in [-0.25, -0.2) is 0 Å². The highest BCUT2D eigenvalue weighted by molar-refractivity contribution is 4.85. The van der Waals surface area contributed by atoms with Gasteiger partial charge in [-0.15, -0.1) is 0 Å². The van der Waals surface area contributed by atoms with Crippen molar-refractivity contribution in [1.82, 2.24) is 0 Å². The van der Waals surface area contributed by atoms with Crippen molar-refractivity contribution in [1.29, 1.82) is 0 Å². The van der Waals surface area contributed by atoms with Gasteiger partial charge in [0.15, 0.2) is 0 Å². The van der Waals surface area contributed by atoms with E-state index in [1.165, 1.54) is 32.1 Å². The summed E-state index contributed by atoms with van der Waals surface area (Å²) in [4.78, 5) is 0. The number of aliphatic hydroxyl groups excluding tert-OH is 1. The number of hydrogen-bond acceptors (Lipinski definition) is 2. The molecule has 0 spiro atoms. The minimum atomic E-state index is -0.0560. The summed E-state index contributed by atoms with van der Waals surface area (Å²) in [7, 11) is 0. The van der Waals surface area contributed by atoms with Crippen molar-refractivity contribution in [2.75, 3.05) is 13.2 Å². The molecule has 1 heterocycles. The molecule has 1 aliphatic carbocycles. The summed E-state index contributed by atoms with van der Waals surface area (Å²) in [6.07, 6.45) is 7.13. The molecule has 2 nitrogen and oxygen atoms in total. The molecule has 88 valence electrons. The lowest BCUT2D eigenvalue weighted by atomic mass is 9.71. The van der Waals surface area contributed by atoms with Gasteiger partial charge in [0.2, 0.25) is 0 Å². The van der Waals surface area contributed by atoms with E-state index < -0.39 is 0 Å². The molecule has 15 heavy (non-hydrogen) atoms. The van der Waals surface area contributed by atoms with Crippen LogP contribution in [0.4, 0.5) is 0 Å². The lowest BCUT2D eigenvalue weighted by Gasteiger charge is -2.39. The first-order valence-corrected chi connectivity index (χ1v) is 6.57. The van der Waals surface area contributed by atoms with E-state index in [1.807, 2.05) is 0 Å². The van der Waals surface area contributed by atoms with E-state index >= 15 is 0 Å². The van der Waals surface area contributed by atoms with Crippen LogP contribution in [0.15, 0.2) is 0 Å². The van der Waals surface area contributed by atoms with Crippen LogP contribution in [0.25, 0.3) is 0 Å². The summed E-state index contributed by atoms with van der Waals surface area (Å²) >= 11 is 0. The van der Waals surface area contributed by atoms with Crippen molar-refractivity contribution in [3.8, 4) is 0 Å². The van der Waals surface area contributed by atoms with E-state index in [-0.39, 0.29) is 6.10 Å². The summed E-state index contributed by atoms with van der Waals surface area (Å²) in [6, 6.07) is 0. The molecule has 0 aromatic rings. The van der Waals surface area contributed by atoms with Crippen molar-refractivity contribution < 1.29 is 9.84 Å². The van der Waals surface area contributed by atoms with Gasteiger partial charge < -0.3 is 9.84 Å². The second-order valence-corrected chi connectivity index (χ2v) is 5.30. The summed E-state index contributed by atoms with van der Waals surface area (Å²) in [5.74, 6) is 1.99. The van der Waals surface area contributed by atoms with Crippen LogP contribution in [-0.4, -0.2) is 24.4 Å². The summed E-state index contributed by atoms with van der Waals surface area (Å²) in [5.41, 5.74) is 0. The summed E-state index contributed by atoms with van der Waals surface area (Å²) in [5, 5.41) is 10.1. The number of rotatable bonds is 2. The average molecular weight is 212 g/mol. The van der Waals surface area contributed by atoms with Crippen LogP contribution in [0.3, 0.4) is 0 Å². The molecular weight excluding hydrogens is 188 g/mol. The molecule has 1 N–H and O–H groups in total. The monoisotopic (exact) mass is 212 g/mol. The van der Waals surface area contributed by atoms with Gasteiger partial charge in [-0.2, -0.15) is 0 Å². The molecule has 0 bridgehead atoms. The lowest BCUT2D eigenvalue weighted by molar-refractivity contribution is -0.0387. The molecule has 1 saturated heterocycles. The first kappa shape index (κ1) is 11.4. The first-order valence-electron chi connectivity index (χ1n) is 6.57. The van der Waals surface area contributed by atoms with Crippen LogP contribution < -0.4 is 0 Å². The summed E-state index contributed by atoms with van der Waals surface area (Å²) < 4.78 is 5.54. The van der Waals surface area contributed by atoms with Crippen molar-refractivity contribution in [3.63, 3.8) is 0 Å². The Bertz CT molecular complexity index is 187. The van der Waals surface area contributed by atoms with Crippen molar-refractivity contribution >= 4 is 0 Å². The molecular formula is C13H24O2. The van der Waals surface area contributed by atoms with Crippen molar-refractivity contribution in [2.45, 2.75) is 51.6 Å². The van der Waals surface area contributed by atoms with Gasteiger partial charge in [0.1, 0.15) is 0 Å². The molecule has 0 radical (unpaired) electrons. The number of aliphatic hydroxyl groups is 1. The van der Waals surface area contributed by atoms with E-state index in [4.69, 9.17) is 4.74 Å². The van der Waals surface area contributed by atoms with Crippen molar-refractivity contribution in [2.24, 2.45) is 17.8 Å². The highest BCUT2D eigenvalue weighted by atomic mass is 16.5. The van der Waals surface area contributed by atoms with E-state index in [9.17, 15) is 5.11 Å². The van der Waals surface area contributed by atoms with E-state index in [0.717, 1.165) is 25.6 Å². The molecule has 2 heteroatoms. The molecule has 2 aliphatic rings. The third-order valence-electron chi connectivity index (χ3n) is 4.35. The lowest BCUT2D eigenvalue weighted by Crippen LogP contribution is -2.37. The zero-order valence-corrected chi connectivity index (χ0v) is 9.82. The van der Waals surface area contributed by atoms with Crippen molar-refractivity contribution in [3.05, 3.63) is 0 Å². The van der Waals surface area contributed by atoms with Crippen LogP contribution in [0.5, 0.6) is 0 Å². The largest absolute Gasteiger partial charge is 0.393 e. The fraction of sp³-hybridized carbons (Fsp3) is 1.00. The highest BCUT2D eigenvalue weighted by Gasteiger charge is 2.34. The normalized spacial score (nSPS) is 42.8. The molecule has 1 aliphatic heterocycles. The van der Waals surface area contributed by atoms with Crippen LogP contribution >= 0.6 is 0 Å². The Morgan fingerprint density at radius 2 is 2.13 bits per heavy atom. The zero-order valence-electron chi connectivity index (χ0n) is 9.82. The third kappa shape index (κ3) is 2.73. The molecule has 0 aromatic carbocycles. The predicted molar refractivity (Wildman–Crippen MR) is 60.7 cm³/mol. The quantitative estimate of drug-likeness (QED) is 0.762. The molecule has 4 unspecified atom stereocenters. The van der Waals surface area contributed by atoms with E-state index in [2.05, 4.69) is 6.92 Å². The van der Waals surface area contributed by atoms with Gasteiger partial charge in [-0.3, -0.25) is 0 Å². The SMILES string of the molecule is CCC1CCC(O)C(C2CCCOC2)C1. The zero-order chi connectivity index (χ0) is 10.7. The number of ether oxygens (including phenoxy) is 1. The van der Waals surface area contributed by atoms with Gasteiger partial charge in [0, 0.05) is 13.2 Å². The summed E-state index contributed by atoms with van der Waals surface area (Å²) in [6.45, 7) is 4.09. The average Bonchev–Trinajstić information content (AvgIpc) is 2.31. The van der Waals surface area contributed by atoms with Crippen LogP contribution in [0.2, 0.25) is 0 Å². The maximum Gasteiger partial charge on any atom is 0.0572 e. The first-order chi connectivity index (χ1) is 7.31. The minimum Gasteiger partial charge on any atom is -0.393 e. The second kappa shape index (κ2) is 5.31. The molecule has 0 aromatic heterocycles. The van der Waals surface area contributed by atoms with E-state index in [0.29, 0.717) is 11.8 Å². The standard InChI is InChI=1S/C13H24O2/c1-2-10-5-6-13(14)12(8-10)11-4-3-7-15-9-11/h10-14H,2-9H2,1H3. The van der Waals surface area contributed by atoms with Gasteiger partial charge in [-0.1, -0.05) is 13.3 Å². The molecule has 0 amide bonds. The Hall–Kier alpha value is -0.0800. The fourth-order valence-electron chi connectivity index (χ4n) is 3.26. The van der Waals surface area contributed by atoms with E-state index in [1.54, 1.807) is 0 Å². The Morgan fingerprint density at radius 3 is 2.80 bits per heavy atom. The number of hydrogen-bond donors (Lipinski definition) is 1. The Morgan fingerprint density at radius 1 is 1.27 bits per heavy atom. The van der Waals surface area contributed by atoms with Crippen LogP contribution in [-0.2, 0) is 4.74 Å². The topological polar surface area (TPSA) is 29.5 Å². The second-order valence-electron chi connectivity index (χ2n) is 5.30. The predicted octanol–water partition coefficient (Wildman–Crippen LogP) is 2.60. The minimum absolute atomic E-state index is 0.0560. The maximum atomic E-state index is 10.1. The maximum absolute atomic E-state index is 10.1. The smallest absolute Gasteiger partial charge is 0.0572 e. The highest BCUT2D eigenvalue weighted by Crippen LogP contribution is 2.38. The fourth-order valence-corrected chi connectivity index (χ4v) is 3.26. The van der Waals surface area contributed by atoms with Crippen LogP contribution in [0.1, 0.15) is 45.4 Å². The Balaban J connectivity index is 1.92. The Kier molecular flexibility index (Phi) is 4.04. The Labute approximate surface area is 93.0 Å².